The first kappa shape index (κ1) is 13.2. The van der Waals surface area contributed by atoms with Gasteiger partial charge in [-0.1, -0.05) is 41.9 Å². The summed E-state index contributed by atoms with van der Waals surface area (Å²) in [7, 11) is 0. The maximum Gasteiger partial charge on any atom is 0.0896 e. The van der Waals surface area contributed by atoms with Crippen molar-refractivity contribution in [3.63, 3.8) is 0 Å². The Bertz CT molecular complexity index is 643. The van der Waals surface area contributed by atoms with Crippen LogP contribution in [0.3, 0.4) is 0 Å². The van der Waals surface area contributed by atoms with Gasteiger partial charge in [-0.25, -0.2) is 0 Å². The van der Waals surface area contributed by atoms with Crippen LogP contribution in [-0.4, -0.2) is 6.61 Å². The number of anilines is 1. The van der Waals surface area contributed by atoms with Gasteiger partial charge in [-0.2, -0.15) is 0 Å². The fraction of sp³-hybridized carbons (Fsp3) is 0.333. The number of ether oxygens (including phenoxy) is 1. The van der Waals surface area contributed by atoms with Crippen molar-refractivity contribution >= 4 is 17.3 Å². The molecule has 21 heavy (non-hydrogen) atoms. The van der Waals surface area contributed by atoms with E-state index in [1.807, 2.05) is 12.1 Å². The van der Waals surface area contributed by atoms with Crippen LogP contribution in [0.4, 0.5) is 5.69 Å². The summed E-state index contributed by atoms with van der Waals surface area (Å²) in [5.74, 6) is 0.465. The Morgan fingerprint density at radius 2 is 1.95 bits per heavy atom. The minimum absolute atomic E-state index is 0.152. The molecular weight excluding hydrogens is 282 g/mol. The highest BCUT2D eigenvalue weighted by Gasteiger charge is 2.39. The van der Waals surface area contributed by atoms with Crippen LogP contribution in [0, 0.1) is 5.92 Å². The summed E-state index contributed by atoms with van der Waals surface area (Å²) in [6.45, 7) is 0.842. The summed E-state index contributed by atoms with van der Waals surface area (Å²) >= 11 is 6.18. The van der Waals surface area contributed by atoms with Gasteiger partial charge < -0.3 is 10.1 Å². The largest absolute Gasteiger partial charge is 0.378 e. The van der Waals surface area contributed by atoms with Gasteiger partial charge in [0.2, 0.25) is 0 Å². The molecule has 1 saturated heterocycles. The molecule has 0 unspecified atom stereocenters. The molecule has 0 aromatic heterocycles. The van der Waals surface area contributed by atoms with Crippen molar-refractivity contribution in [2.45, 2.75) is 25.0 Å². The zero-order valence-electron chi connectivity index (χ0n) is 11.8. The highest BCUT2D eigenvalue weighted by atomic mass is 35.5. The van der Waals surface area contributed by atoms with Gasteiger partial charge in [0.05, 0.1) is 12.1 Å². The SMILES string of the molecule is Clc1ccc2c(c1)[C@@H]1OCCC[C@@H]1[C@H](c1ccccc1)N2. The quantitative estimate of drug-likeness (QED) is 0.802. The number of benzene rings is 2. The van der Waals surface area contributed by atoms with Gasteiger partial charge in [0.1, 0.15) is 0 Å². The molecule has 108 valence electrons. The van der Waals surface area contributed by atoms with Gasteiger partial charge in [-0.3, -0.25) is 0 Å². The molecule has 2 heterocycles. The van der Waals surface area contributed by atoms with E-state index < -0.39 is 0 Å². The molecule has 3 atom stereocenters. The van der Waals surface area contributed by atoms with Crippen molar-refractivity contribution in [2.24, 2.45) is 5.92 Å². The van der Waals surface area contributed by atoms with E-state index in [1.54, 1.807) is 0 Å². The van der Waals surface area contributed by atoms with Crippen LogP contribution in [0.25, 0.3) is 0 Å². The number of nitrogens with one attached hydrogen (secondary N) is 1. The third kappa shape index (κ3) is 2.33. The van der Waals surface area contributed by atoms with Gasteiger partial charge in [0.15, 0.2) is 0 Å². The average Bonchev–Trinajstić information content (AvgIpc) is 2.55. The molecule has 0 bridgehead atoms. The predicted molar refractivity (Wildman–Crippen MR) is 85.7 cm³/mol. The molecule has 2 aromatic carbocycles. The standard InChI is InChI=1S/C18H18ClNO/c19-13-8-9-16-15(11-13)18-14(7-4-10-21-18)17(20-16)12-5-2-1-3-6-12/h1-3,5-6,8-9,11,14,17-18,20H,4,7,10H2/t14-,17+,18-/m1/s1. The second kappa shape index (κ2) is 5.36. The van der Waals surface area contributed by atoms with E-state index in [9.17, 15) is 0 Å². The first-order valence-electron chi connectivity index (χ1n) is 7.55. The van der Waals surface area contributed by atoms with Crippen LogP contribution in [0.5, 0.6) is 0 Å². The average molecular weight is 300 g/mol. The number of halogens is 1. The molecule has 0 radical (unpaired) electrons. The molecule has 2 aliphatic rings. The summed E-state index contributed by atoms with van der Waals surface area (Å²) in [5.41, 5.74) is 3.69. The summed E-state index contributed by atoms with van der Waals surface area (Å²) in [6.07, 6.45) is 2.46. The number of rotatable bonds is 1. The summed E-state index contributed by atoms with van der Waals surface area (Å²) in [4.78, 5) is 0. The van der Waals surface area contributed by atoms with Crippen molar-refractivity contribution in [3.8, 4) is 0 Å². The van der Waals surface area contributed by atoms with E-state index in [-0.39, 0.29) is 6.10 Å². The molecule has 1 fully saturated rings. The Kier molecular flexibility index (Phi) is 3.36. The number of hydrogen-bond acceptors (Lipinski definition) is 2. The highest BCUT2D eigenvalue weighted by molar-refractivity contribution is 6.30. The zero-order chi connectivity index (χ0) is 14.2. The van der Waals surface area contributed by atoms with E-state index in [1.165, 1.54) is 17.5 Å². The van der Waals surface area contributed by atoms with Crippen LogP contribution in [0.1, 0.15) is 36.1 Å². The van der Waals surface area contributed by atoms with Gasteiger partial charge in [-0.15, -0.1) is 0 Å². The third-order valence-corrected chi connectivity index (χ3v) is 4.82. The minimum atomic E-state index is 0.152. The lowest BCUT2D eigenvalue weighted by Gasteiger charge is -2.43. The Morgan fingerprint density at radius 3 is 2.81 bits per heavy atom. The minimum Gasteiger partial charge on any atom is -0.378 e. The maximum atomic E-state index is 6.18. The van der Waals surface area contributed by atoms with Crippen LogP contribution in [0.2, 0.25) is 5.02 Å². The fourth-order valence-electron chi connectivity index (χ4n) is 3.63. The van der Waals surface area contributed by atoms with Crippen LogP contribution in [0.15, 0.2) is 48.5 Å². The Hall–Kier alpha value is -1.51. The summed E-state index contributed by atoms with van der Waals surface area (Å²) in [5, 5.41) is 4.48. The molecule has 4 rings (SSSR count). The van der Waals surface area contributed by atoms with Gasteiger partial charge in [0.25, 0.3) is 0 Å². The fourth-order valence-corrected chi connectivity index (χ4v) is 3.81. The monoisotopic (exact) mass is 299 g/mol. The Balaban J connectivity index is 1.79. The lowest BCUT2D eigenvalue weighted by Crippen LogP contribution is -2.35. The molecule has 2 aromatic rings. The molecule has 2 nitrogen and oxygen atoms in total. The molecule has 1 N–H and O–H groups in total. The van der Waals surface area contributed by atoms with E-state index in [0.717, 1.165) is 23.7 Å². The first-order valence-corrected chi connectivity index (χ1v) is 7.93. The van der Waals surface area contributed by atoms with Crippen molar-refractivity contribution in [1.82, 2.24) is 0 Å². The third-order valence-electron chi connectivity index (χ3n) is 4.59. The van der Waals surface area contributed by atoms with Crippen molar-refractivity contribution < 1.29 is 4.74 Å². The van der Waals surface area contributed by atoms with Gasteiger partial charge in [0, 0.05) is 28.8 Å². The lowest BCUT2D eigenvalue weighted by molar-refractivity contribution is -0.0381. The second-order valence-electron chi connectivity index (χ2n) is 5.86. The Labute approximate surface area is 130 Å². The molecule has 0 saturated carbocycles. The molecule has 0 aliphatic carbocycles. The van der Waals surface area contributed by atoms with Crippen molar-refractivity contribution in [2.75, 3.05) is 11.9 Å². The zero-order valence-corrected chi connectivity index (χ0v) is 12.5. The van der Waals surface area contributed by atoms with Gasteiger partial charge >= 0.3 is 0 Å². The van der Waals surface area contributed by atoms with E-state index in [2.05, 4.69) is 41.7 Å². The second-order valence-corrected chi connectivity index (χ2v) is 6.30. The normalized spacial score (nSPS) is 27.4. The summed E-state index contributed by atoms with van der Waals surface area (Å²) < 4.78 is 6.12. The van der Waals surface area contributed by atoms with Crippen LogP contribution in [-0.2, 0) is 4.74 Å². The lowest BCUT2D eigenvalue weighted by atomic mass is 9.77. The Morgan fingerprint density at radius 1 is 1.10 bits per heavy atom. The number of fused-ring (bicyclic) bond motifs is 3. The van der Waals surface area contributed by atoms with Gasteiger partial charge in [-0.05, 0) is 36.6 Å². The highest BCUT2D eigenvalue weighted by Crippen LogP contribution is 2.49. The molecule has 2 aliphatic heterocycles. The van der Waals surface area contributed by atoms with Crippen molar-refractivity contribution in [1.29, 1.82) is 0 Å². The predicted octanol–water partition coefficient (Wildman–Crippen LogP) is 4.97. The van der Waals surface area contributed by atoms with E-state index in [0.29, 0.717) is 12.0 Å². The molecule has 0 spiro atoms. The topological polar surface area (TPSA) is 21.3 Å². The van der Waals surface area contributed by atoms with E-state index in [4.69, 9.17) is 16.3 Å². The van der Waals surface area contributed by atoms with E-state index >= 15 is 0 Å². The first-order chi connectivity index (χ1) is 10.3. The molecular formula is C18H18ClNO. The molecule has 0 amide bonds. The maximum absolute atomic E-state index is 6.18. The molecule has 3 heteroatoms. The summed E-state index contributed by atoms with van der Waals surface area (Å²) in [6, 6.07) is 17.0. The smallest absolute Gasteiger partial charge is 0.0896 e. The van der Waals surface area contributed by atoms with Crippen LogP contribution < -0.4 is 5.32 Å². The van der Waals surface area contributed by atoms with Crippen molar-refractivity contribution in [3.05, 3.63) is 64.7 Å². The number of hydrogen-bond donors (Lipinski definition) is 1. The van der Waals surface area contributed by atoms with Crippen LogP contribution >= 0.6 is 11.6 Å².